The third-order valence-corrected chi connectivity index (χ3v) is 2.68. The minimum absolute atomic E-state index is 0.125. The number of hydrogen-bond donors (Lipinski definition) is 1. The molecule has 0 saturated carbocycles. The van der Waals surface area contributed by atoms with E-state index >= 15 is 0 Å². The summed E-state index contributed by atoms with van der Waals surface area (Å²) in [7, 11) is 0. The zero-order valence-corrected chi connectivity index (χ0v) is 8.17. The number of aliphatic carboxylic acids is 1. The fourth-order valence-corrected chi connectivity index (χ4v) is 1.89. The van der Waals surface area contributed by atoms with E-state index in [1.54, 1.807) is 4.90 Å². The molecule has 1 saturated heterocycles. The topological polar surface area (TPSA) is 40.5 Å². The molecule has 1 heterocycles. The fourth-order valence-electron chi connectivity index (χ4n) is 1.89. The number of likely N-dealkylation sites (tertiary alicyclic amines) is 1. The van der Waals surface area contributed by atoms with Gasteiger partial charge in [0.15, 0.2) is 0 Å². The molecule has 1 aliphatic rings. The maximum absolute atomic E-state index is 12.9. The van der Waals surface area contributed by atoms with E-state index in [4.69, 9.17) is 5.11 Å². The SMILES string of the molecule is CCC1CCCN1CC(F)(F)C(=O)O. The number of carboxylic acid groups (broad SMARTS) is 1. The summed E-state index contributed by atoms with van der Waals surface area (Å²) < 4.78 is 25.7. The van der Waals surface area contributed by atoms with Gasteiger partial charge in [-0.3, -0.25) is 4.90 Å². The normalized spacial score (nSPS) is 24.1. The van der Waals surface area contributed by atoms with E-state index < -0.39 is 18.4 Å². The Balaban J connectivity index is 2.54. The van der Waals surface area contributed by atoms with E-state index in [1.807, 2.05) is 6.92 Å². The Labute approximate surface area is 81.7 Å². The van der Waals surface area contributed by atoms with Gasteiger partial charge in [0.05, 0.1) is 6.54 Å². The largest absolute Gasteiger partial charge is 0.477 e. The van der Waals surface area contributed by atoms with Crippen LogP contribution in [0.3, 0.4) is 0 Å². The van der Waals surface area contributed by atoms with Crippen LogP contribution in [0, 0.1) is 0 Å². The molecule has 0 amide bonds. The van der Waals surface area contributed by atoms with Gasteiger partial charge in [0.2, 0.25) is 0 Å². The zero-order chi connectivity index (χ0) is 10.8. The standard InChI is InChI=1S/C9H15F2NO2/c1-2-7-4-3-5-12(7)6-9(10,11)8(13)14/h7H,2-6H2,1H3,(H,13,14). The highest BCUT2D eigenvalue weighted by atomic mass is 19.3. The summed E-state index contributed by atoms with van der Waals surface area (Å²) in [6.45, 7) is 1.87. The number of carboxylic acids is 1. The van der Waals surface area contributed by atoms with Crippen LogP contribution in [0.2, 0.25) is 0 Å². The van der Waals surface area contributed by atoms with Crippen LogP contribution in [-0.4, -0.2) is 41.0 Å². The fraction of sp³-hybridized carbons (Fsp3) is 0.889. The smallest absolute Gasteiger partial charge is 0.375 e. The summed E-state index contributed by atoms with van der Waals surface area (Å²) in [6, 6.07) is 0.125. The summed E-state index contributed by atoms with van der Waals surface area (Å²) in [5.74, 6) is -5.64. The van der Waals surface area contributed by atoms with Gasteiger partial charge in [0.25, 0.3) is 0 Å². The molecule has 5 heteroatoms. The molecule has 0 bridgehead atoms. The van der Waals surface area contributed by atoms with Gasteiger partial charge in [-0.2, -0.15) is 8.78 Å². The Hall–Kier alpha value is -0.710. The first-order valence-electron chi connectivity index (χ1n) is 4.82. The predicted molar refractivity (Wildman–Crippen MR) is 47.5 cm³/mol. The monoisotopic (exact) mass is 207 g/mol. The Morgan fingerprint density at radius 3 is 2.79 bits per heavy atom. The van der Waals surface area contributed by atoms with E-state index in [1.165, 1.54) is 0 Å². The second kappa shape index (κ2) is 4.21. The van der Waals surface area contributed by atoms with Crippen molar-refractivity contribution in [2.75, 3.05) is 13.1 Å². The number of rotatable bonds is 4. The average molecular weight is 207 g/mol. The lowest BCUT2D eigenvalue weighted by atomic mass is 10.1. The third kappa shape index (κ3) is 2.41. The van der Waals surface area contributed by atoms with E-state index in [0.29, 0.717) is 6.54 Å². The van der Waals surface area contributed by atoms with Gasteiger partial charge in [-0.1, -0.05) is 6.92 Å². The second-order valence-electron chi connectivity index (χ2n) is 3.68. The van der Waals surface area contributed by atoms with Gasteiger partial charge >= 0.3 is 11.9 Å². The molecule has 0 aliphatic carbocycles. The van der Waals surface area contributed by atoms with Crippen LogP contribution in [0.1, 0.15) is 26.2 Å². The van der Waals surface area contributed by atoms with Crippen molar-refractivity contribution in [1.29, 1.82) is 0 Å². The Bertz CT molecular complexity index is 221. The molecule has 1 atom stereocenters. The quantitative estimate of drug-likeness (QED) is 0.760. The molecule has 0 aromatic carbocycles. The van der Waals surface area contributed by atoms with Crippen LogP contribution >= 0.6 is 0 Å². The van der Waals surface area contributed by atoms with Crippen molar-refractivity contribution >= 4 is 5.97 Å². The van der Waals surface area contributed by atoms with Crippen LogP contribution < -0.4 is 0 Å². The molecular formula is C9H15F2NO2. The van der Waals surface area contributed by atoms with E-state index in [2.05, 4.69) is 0 Å². The minimum atomic E-state index is -3.61. The minimum Gasteiger partial charge on any atom is -0.477 e. The van der Waals surface area contributed by atoms with Gasteiger partial charge in [0, 0.05) is 6.04 Å². The van der Waals surface area contributed by atoms with Crippen LogP contribution in [0.15, 0.2) is 0 Å². The molecule has 0 aromatic heterocycles. The van der Waals surface area contributed by atoms with Gasteiger partial charge < -0.3 is 5.11 Å². The van der Waals surface area contributed by atoms with Crippen molar-refractivity contribution in [2.24, 2.45) is 0 Å². The molecule has 3 nitrogen and oxygen atoms in total. The highest BCUT2D eigenvalue weighted by Crippen LogP contribution is 2.24. The highest BCUT2D eigenvalue weighted by molar-refractivity contribution is 5.75. The summed E-state index contributed by atoms with van der Waals surface area (Å²) in [5.41, 5.74) is 0. The van der Waals surface area contributed by atoms with Crippen molar-refractivity contribution < 1.29 is 18.7 Å². The van der Waals surface area contributed by atoms with E-state index in [0.717, 1.165) is 19.3 Å². The van der Waals surface area contributed by atoms with Gasteiger partial charge in [-0.05, 0) is 25.8 Å². The van der Waals surface area contributed by atoms with Crippen LogP contribution in [0.4, 0.5) is 8.78 Å². The lowest BCUT2D eigenvalue weighted by molar-refractivity contribution is -0.167. The van der Waals surface area contributed by atoms with E-state index in [-0.39, 0.29) is 6.04 Å². The maximum atomic E-state index is 12.9. The molecule has 1 N–H and O–H groups in total. The molecule has 0 radical (unpaired) electrons. The van der Waals surface area contributed by atoms with Crippen molar-refractivity contribution in [2.45, 2.75) is 38.2 Å². The van der Waals surface area contributed by atoms with Crippen LogP contribution in [0.25, 0.3) is 0 Å². The molecule has 1 rings (SSSR count). The molecule has 14 heavy (non-hydrogen) atoms. The van der Waals surface area contributed by atoms with Gasteiger partial charge in [-0.15, -0.1) is 0 Å². The van der Waals surface area contributed by atoms with Gasteiger partial charge in [0.1, 0.15) is 0 Å². The van der Waals surface area contributed by atoms with Crippen LogP contribution in [0.5, 0.6) is 0 Å². The van der Waals surface area contributed by atoms with Crippen molar-refractivity contribution in [3.63, 3.8) is 0 Å². The van der Waals surface area contributed by atoms with Crippen LogP contribution in [-0.2, 0) is 4.79 Å². The Kier molecular flexibility index (Phi) is 3.42. The summed E-state index contributed by atoms with van der Waals surface area (Å²) in [6.07, 6.45) is 2.58. The molecular weight excluding hydrogens is 192 g/mol. The lowest BCUT2D eigenvalue weighted by Gasteiger charge is -2.25. The maximum Gasteiger partial charge on any atom is 0.375 e. The Morgan fingerprint density at radius 1 is 1.64 bits per heavy atom. The number of nitrogens with zero attached hydrogens (tertiary/aromatic N) is 1. The molecule has 0 spiro atoms. The first-order chi connectivity index (χ1) is 6.47. The van der Waals surface area contributed by atoms with Crippen molar-refractivity contribution in [3.05, 3.63) is 0 Å². The summed E-state index contributed by atoms with van der Waals surface area (Å²) in [4.78, 5) is 11.8. The first-order valence-corrected chi connectivity index (χ1v) is 4.82. The molecule has 1 aliphatic heterocycles. The summed E-state index contributed by atoms with van der Waals surface area (Å²) >= 11 is 0. The number of halogens is 2. The highest BCUT2D eigenvalue weighted by Gasteiger charge is 2.42. The third-order valence-electron chi connectivity index (χ3n) is 2.68. The Morgan fingerprint density at radius 2 is 2.29 bits per heavy atom. The second-order valence-corrected chi connectivity index (χ2v) is 3.68. The summed E-state index contributed by atoms with van der Waals surface area (Å²) in [5, 5.41) is 8.28. The predicted octanol–water partition coefficient (Wildman–Crippen LogP) is 1.58. The molecule has 1 fully saturated rings. The molecule has 82 valence electrons. The average Bonchev–Trinajstić information content (AvgIpc) is 2.50. The number of carbonyl (C=O) groups is 1. The van der Waals surface area contributed by atoms with E-state index in [9.17, 15) is 13.6 Å². The first kappa shape index (κ1) is 11.4. The molecule has 1 unspecified atom stereocenters. The molecule has 0 aromatic rings. The lowest BCUT2D eigenvalue weighted by Crippen LogP contribution is -2.44. The number of hydrogen-bond acceptors (Lipinski definition) is 2. The van der Waals surface area contributed by atoms with Crippen molar-refractivity contribution in [3.8, 4) is 0 Å². The van der Waals surface area contributed by atoms with Crippen molar-refractivity contribution in [1.82, 2.24) is 4.90 Å². The van der Waals surface area contributed by atoms with Gasteiger partial charge in [-0.25, -0.2) is 4.79 Å². The number of alkyl halides is 2. The zero-order valence-electron chi connectivity index (χ0n) is 8.17.